The normalized spacial score (nSPS) is 12.1. The van der Waals surface area contributed by atoms with Crippen molar-refractivity contribution in [3.05, 3.63) is 29.8 Å². The van der Waals surface area contributed by atoms with E-state index in [4.69, 9.17) is 4.74 Å². The van der Waals surface area contributed by atoms with Crippen molar-refractivity contribution >= 4 is 5.97 Å². The fourth-order valence-electron chi connectivity index (χ4n) is 1.53. The molecule has 0 saturated carbocycles. The summed E-state index contributed by atoms with van der Waals surface area (Å²) in [5.74, 6) is -0.475. The van der Waals surface area contributed by atoms with Crippen molar-refractivity contribution in [1.29, 1.82) is 0 Å². The van der Waals surface area contributed by atoms with E-state index in [1.165, 1.54) is 6.07 Å². The number of aromatic hydroxyl groups is 1. The monoisotopic (exact) mass is 222 g/mol. The van der Waals surface area contributed by atoms with Crippen molar-refractivity contribution in [2.45, 2.75) is 39.2 Å². The minimum atomic E-state index is -0.446. The first-order chi connectivity index (χ1) is 7.69. The second kappa shape index (κ2) is 6.16. The van der Waals surface area contributed by atoms with Crippen LogP contribution in [-0.2, 0) is 4.74 Å². The van der Waals surface area contributed by atoms with Crippen LogP contribution >= 0.6 is 0 Å². The minimum Gasteiger partial charge on any atom is -0.507 e. The van der Waals surface area contributed by atoms with Gasteiger partial charge in [0.15, 0.2) is 0 Å². The molecule has 1 unspecified atom stereocenters. The number of para-hydroxylation sites is 1. The zero-order valence-electron chi connectivity index (χ0n) is 9.77. The van der Waals surface area contributed by atoms with Gasteiger partial charge in [0.1, 0.15) is 17.4 Å². The second-order valence-electron chi connectivity index (χ2n) is 3.74. The second-order valence-corrected chi connectivity index (χ2v) is 3.74. The number of hydrogen-bond acceptors (Lipinski definition) is 3. The van der Waals surface area contributed by atoms with Crippen LogP contribution in [0.25, 0.3) is 0 Å². The Morgan fingerprint density at radius 3 is 2.62 bits per heavy atom. The molecule has 0 radical (unpaired) electrons. The largest absolute Gasteiger partial charge is 0.507 e. The molecule has 0 bridgehead atoms. The van der Waals surface area contributed by atoms with Gasteiger partial charge in [0.25, 0.3) is 0 Å². The van der Waals surface area contributed by atoms with E-state index in [1.807, 2.05) is 6.92 Å². The number of phenols is 1. The van der Waals surface area contributed by atoms with Crippen molar-refractivity contribution in [3.63, 3.8) is 0 Å². The molecule has 0 aliphatic carbocycles. The predicted octanol–water partition coefficient (Wildman–Crippen LogP) is 3.13. The maximum Gasteiger partial charge on any atom is 0.342 e. The summed E-state index contributed by atoms with van der Waals surface area (Å²) in [7, 11) is 0. The SMILES string of the molecule is CCCC(CC)OC(=O)c1ccccc1O. The van der Waals surface area contributed by atoms with Gasteiger partial charge in [-0.2, -0.15) is 0 Å². The summed E-state index contributed by atoms with van der Waals surface area (Å²) in [5, 5.41) is 9.50. The lowest BCUT2D eigenvalue weighted by molar-refractivity contribution is 0.0268. The summed E-state index contributed by atoms with van der Waals surface area (Å²) in [4.78, 5) is 11.7. The van der Waals surface area contributed by atoms with Gasteiger partial charge in [-0.15, -0.1) is 0 Å². The molecular weight excluding hydrogens is 204 g/mol. The lowest BCUT2D eigenvalue weighted by Gasteiger charge is -2.15. The van der Waals surface area contributed by atoms with Crippen LogP contribution in [0.1, 0.15) is 43.5 Å². The highest BCUT2D eigenvalue weighted by Gasteiger charge is 2.16. The van der Waals surface area contributed by atoms with Gasteiger partial charge in [-0.25, -0.2) is 4.79 Å². The van der Waals surface area contributed by atoms with Crippen molar-refractivity contribution in [3.8, 4) is 5.75 Å². The molecule has 1 N–H and O–H groups in total. The standard InChI is InChI=1S/C13H18O3/c1-3-7-10(4-2)16-13(15)11-8-5-6-9-12(11)14/h5-6,8-10,14H,3-4,7H2,1-2H3. The topological polar surface area (TPSA) is 46.5 Å². The highest BCUT2D eigenvalue weighted by Crippen LogP contribution is 2.18. The van der Waals surface area contributed by atoms with Gasteiger partial charge in [0, 0.05) is 0 Å². The molecule has 0 saturated heterocycles. The van der Waals surface area contributed by atoms with Crippen molar-refractivity contribution in [2.24, 2.45) is 0 Å². The molecular formula is C13H18O3. The Morgan fingerprint density at radius 2 is 2.06 bits per heavy atom. The summed E-state index contributed by atoms with van der Waals surface area (Å²) in [6.07, 6.45) is 2.58. The van der Waals surface area contributed by atoms with Gasteiger partial charge >= 0.3 is 5.97 Å². The maximum atomic E-state index is 11.7. The number of rotatable bonds is 5. The summed E-state index contributed by atoms with van der Waals surface area (Å²) in [6, 6.07) is 6.43. The van der Waals surface area contributed by atoms with E-state index in [2.05, 4.69) is 6.92 Å². The van der Waals surface area contributed by atoms with E-state index in [9.17, 15) is 9.90 Å². The number of phenolic OH excluding ortho intramolecular Hbond substituents is 1. The third-order valence-electron chi connectivity index (χ3n) is 2.46. The Labute approximate surface area is 96.1 Å². The van der Waals surface area contributed by atoms with Crippen LogP contribution in [0.4, 0.5) is 0 Å². The Bertz CT molecular complexity index is 347. The van der Waals surface area contributed by atoms with E-state index in [0.717, 1.165) is 19.3 Å². The third kappa shape index (κ3) is 3.26. The zero-order chi connectivity index (χ0) is 12.0. The molecule has 16 heavy (non-hydrogen) atoms. The third-order valence-corrected chi connectivity index (χ3v) is 2.46. The van der Waals surface area contributed by atoms with Crippen LogP contribution in [0, 0.1) is 0 Å². The van der Waals surface area contributed by atoms with E-state index < -0.39 is 5.97 Å². The number of hydrogen-bond donors (Lipinski definition) is 1. The quantitative estimate of drug-likeness (QED) is 0.778. The molecule has 1 atom stereocenters. The Morgan fingerprint density at radius 1 is 1.38 bits per heavy atom. The van der Waals surface area contributed by atoms with Gasteiger partial charge in [0.05, 0.1) is 0 Å². The molecule has 0 fully saturated rings. The van der Waals surface area contributed by atoms with Gasteiger partial charge < -0.3 is 9.84 Å². The van der Waals surface area contributed by atoms with Gasteiger partial charge in [-0.3, -0.25) is 0 Å². The van der Waals surface area contributed by atoms with Crippen LogP contribution in [0.15, 0.2) is 24.3 Å². The first-order valence-corrected chi connectivity index (χ1v) is 5.68. The molecule has 0 spiro atoms. The van der Waals surface area contributed by atoms with E-state index in [-0.39, 0.29) is 17.4 Å². The van der Waals surface area contributed by atoms with Gasteiger partial charge in [-0.05, 0) is 25.0 Å². The highest BCUT2D eigenvalue weighted by atomic mass is 16.5. The van der Waals surface area contributed by atoms with Crippen LogP contribution in [-0.4, -0.2) is 17.2 Å². The molecule has 1 aromatic rings. The molecule has 3 nitrogen and oxygen atoms in total. The zero-order valence-corrected chi connectivity index (χ0v) is 9.77. The Hall–Kier alpha value is -1.51. The van der Waals surface area contributed by atoms with Crippen LogP contribution in [0.5, 0.6) is 5.75 Å². The maximum absolute atomic E-state index is 11.7. The van der Waals surface area contributed by atoms with Crippen molar-refractivity contribution < 1.29 is 14.6 Å². The molecule has 0 aromatic heterocycles. The molecule has 88 valence electrons. The van der Waals surface area contributed by atoms with E-state index in [1.54, 1.807) is 18.2 Å². The molecule has 0 heterocycles. The van der Waals surface area contributed by atoms with Gasteiger partial charge in [-0.1, -0.05) is 32.4 Å². The summed E-state index contributed by atoms with van der Waals surface area (Å²) in [6.45, 7) is 4.04. The summed E-state index contributed by atoms with van der Waals surface area (Å²) >= 11 is 0. The van der Waals surface area contributed by atoms with Crippen molar-refractivity contribution in [1.82, 2.24) is 0 Å². The fraction of sp³-hybridized carbons (Fsp3) is 0.462. The smallest absolute Gasteiger partial charge is 0.342 e. The first-order valence-electron chi connectivity index (χ1n) is 5.68. The van der Waals surface area contributed by atoms with Gasteiger partial charge in [0.2, 0.25) is 0 Å². The average molecular weight is 222 g/mol. The number of esters is 1. The molecule has 0 amide bonds. The lowest BCUT2D eigenvalue weighted by Crippen LogP contribution is -2.17. The minimum absolute atomic E-state index is 0.0288. The van der Waals surface area contributed by atoms with Crippen LogP contribution in [0.2, 0.25) is 0 Å². The number of benzene rings is 1. The number of ether oxygens (including phenoxy) is 1. The predicted molar refractivity (Wildman–Crippen MR) is 62.5 cm³/mol. The fourth-order valence-corrected chi connectivity index (χ4v) is 1.53. The molecule has 0 aliphatic rings. The molecule has 1 aromatic carbocycles. The molecule has 1 rings (SSSR count). The Kier molecular flexibility index (Phi) is 4.83. The molecule has 0 aliphatic heterocycles. The van der Waals surface area contributed by atoms with Crippen molar-refractivity contribution in [2.75, 3.05) is 0 Å². The van der Waals surface area contributed by atoms with Crippen LogP contribution in [0.3, 0.4) is 0 Å². The molecule has 3 heteroatoms. The van der Waals surface area contributed by atoms with Crippen LogP contribution < -0.4 is 0 Å². The van der Waals surface area contributed by atoms with E-state index >= 15 is 0 Å². The Balaban J connectivity index is 2.68. The first kappa shape index (κ1) is 12.6. The lowest BCUT2D eigenvalue weighted by atomic mass is 10.1. The highest BCUT2D eigenvalue weighted by molar-refractivity contribution is 5.92. The number of carbonyl (C=O) groups is 1. The summed E-state index contributed by atoms with van der Waals surface area (Å²) in [5.41, 5.74) is 0.233. The average Bonchev–Trinajstić information content (AvgIpc) is 2.28. The van der Waals surface area contributed by atoms with E-state index in [0.29, 0.717) is 0 Å². The summed E-state index contributed by atoms with van der Waals surface area (Å²) < 4.78 is 5.31. The number of carbonyl (C=O) groups excluding carboxylic acids is 1.